The molecule has 2 aromatic heterocycles. The summed E-state index contributed by atoms with van der Waals surface area (Å²) in [4.78, 5) is 25.6. The molecule has 0 spiro atoms. The normalized spacial score (nSPS) is 10.7. The summed E-state index contributed by atoms with van der Waals surface area (Å²) >= 11 is 0. The lowest BCUT2D eigenvalue weighted by molar-refractivity contribution is 0.252. The quantitative estimate of drug-likeness (QED) is 0.308. The zero-order valence-electron chi connectivity index (χ0n) is 17.1. The highest BCUT2D eigenvalue weighted by atomic mass is 16.2. The van der Waals surface area contributed by atoms with Gasteiger partial charge >= 0.3 is 6.03 Å². The van der Waals surface area contributed by atoms with E-state index in [1.807, 2.05) is 42.5 Å². The van der Waals surface area contributed by atoms with Gasteiger partial charge in [-0.2, -0.15) is 0 Å². The van der Waals surface area contributed by atoms with Crippen LogP contribution < -0.4 is 16.4 Å². The second-order valence-electron chi connectivity index (χ2n) is 7.21. The highest BCUT2D eigenvalue weighted by Crippen LogP contribution is 2.24. The first-order valence-corrected chi connectivity index (χ1v) is 10.3. The molecule has 0 saturated heterocycles. The van der Waals surface area contributed by atoms with Crippen molar-refractivity contribution in [2.24, 2.45) is 0 Å². The summed E-state index contributed by atoms with van der Waals surface area (Å²) in [5.74, 6) is 0.418. The molecular weight excluding hydrogens is 388 g/mol. The number of hydrogen-bond donors (Lipinski definition) is 3. The maximum absolute atomic E-state index is 12.2. The molecule has 2 heterocycles. The third-order valence-electron chi connectivity index (χ3n) is 4.91. The number of pyridine rings is 1. The van der Waals surface area contributed by atoms with Gasteiger partial charge in [0.2, 0.25) is 0 Å². The topological polar surface area (TPSA) is 106 Å². The Morgan fingerprint density at radius 1 is 0.903 bits per heavy atom. The molecule has 4 N–H and O–H groups in total. The maximum atomic E-state index is 12.2. The molecule has 0 fully saturated rings. The molecule has 2 amide bonds. The first-order valence-electron chi connectivity index (χ1n) is 10.3. The van der Waals surface area contributed by atoms with Gasteiger partial charge in [-0.05, 0) is 43.0 Å². The van der Waals surface area contributed by atoms with Crippen molar-refractivity contribution in [2.45, 2.75) is 19.3 Å². The molecule has 7 heteroatoms. The van der Waals surface area contributed by atoms with E-state index >= 15 is 0 Å². The third kappa shape index (κ3) is 5.33. The Bertz CT molecular complexity index is 1180. The van der Waals surface area contributed by atoms with Crippen molar-refractivity contribution in [2.75, 3.05) is 17.6 Å². The van der Waals surface area contributed by atoms with Gasteiger partial charge in [0.25, 0.3) is 0 Å². The lowest BCUT2D eigenvalue weighted by Gasteiger charge is -2.08. The number of nitrogen functional groups attached to an aromatic ring is 1. The van der Waals surface area contributed by atoms with E-state index < -0.39 is 0 Å². The number of benzene rings is 2. The lowest BCUT2D eigenvalue weighted by Crippen LogP contribution is -2.29. The van der Waals surface area contributed by atoms with E-state index in [9.17, 15) is 4.79 Å². The zero-order chi connectivity index (χ0) is 21.5. The average molecular weight is 412 g/mol. The first-order chi connectivity index (χ1) is 15.2. The highest BCUT2D eigenvalue weighted by Gasteiger charge is 2.09. The van der Waals surface area contributed by atoms with Crippen molar-refractivity contribution in [1.29, 1.82) is 0 Å². The molecule has 7 nitrogen and oxygen atoms in total. The number of hydrogen-bond acceptors (Lipinski definition) is 5. The number of aryl methyl sites for hydroxylation is 1. The summed E-state index contributed by atoms with van der Waals surface area (Å²) in [5, 5.41) is 5.63. The molecular formula is C24H24N6O. The molecule has 0 aliphatic carbocycles. The zero-order valence-corrected chi connectivity index (χ0v) is 17.1. The SMILES string of the molecule is Nc1ccccc1-c1cnc2ccc(NC(=O)NCCCCc3ccccc3)nc2n1. The minimum atomic E-state index is -0.289. The fourth-order valence-corrected chi connectivity index (χ4v) is 3.29. The van der Waals surface area contributed by atoms with Gasteiger partial charge in [0.1, 0.15) is 11.3 Å². The van der Waals surface area contributed by atoms with E-state index in [1.54, 1.807) is 18.3 Å². The standard InChI is InChI=1S/C24H24N6O/c25-19-12-5-4-11-18(19)21-16-27-20-13-14-22(29-23(20)28-21)30-24(31)26-15-7-6-10-17-8-2-1-3-9-17/h1-5,8-9,11-14,16H,6-7,10,15,25H2,(H2,26,28,29,30,31). The number of nitrogens with one attached hydrogen (secondary N) is 2. The monoisotopic (exact) mass is 412 g/mol. The van der Waals surface area contributed by atoms with Gasteiger partial charge in [0, 0.05) is 17.8 Å². The number of urea groups is 1. The Balaban J connectivity index is 1.33. The molecule has 0 aliphatic rings. The summed E-state index contributed by atoms with van der Waals surface area (Å²) in [5.41, 5.74) is 10.5. The number of aromatic nitrogens is 3. The summed E-state index contributed by atoms with van der Waals surface area (Å²) < 4.78 is 0. The van der Waals surface area contributed by atoms with Crippen molar-refractivity contribution < 1.29 is 4.79 Å². The van der Waals surface area contributed by atoms with Crippen molar-refractivity contribution in [1.82, 2.24) is 20.3 Å². The van der Waals surface area contributed by atoms with E-state index in [0.717, 1.165) is 24.8 Å². The smallest absolute Gasteiger partial charge is 0.320 e. The van der Waals surface area contributed by atoms with Gasteiger partial charge in [-0.1, -0.05) is 48.5 Å². The van der Waals surface area contributed by atoms with Crippen molar-refractivity contribution >= 4 is 28.7 Å². The van der Waals surface area contributed by atoms with E-state index in [0.29, 0.717) is 34.9 Å². The average Bonchev–Trinajstić information content (AvgIpc) is 2.79. The Hall–Kier alpha value is -4.00. The van der Waals surface area contributed by atoms with Gasteiger partial charge in [-0.3, -0.25) is 10.3 Å². The van der Waals surface area contributed by atoms with Crippen LogP contribution in [0.2, 0.25) is 0 Å². The maximum Gasteiger partial charge on any atom is 0.320 e. The second-order valence-corrected chi connectivity index (χ2v) is 7.21. The fraction of sp³-hybridized carbons (Fsp3) is 0.167. The van der Waals surface area contributed by atoms with Gasteiger partial charge in [-0.15, -0.1) is 0 Å². The summed E-state index contributed by atoms with van der Waals surface area (Å²) in [6, 6.07) is 21.0. The molecule has 2 aromatic carbocycles. The molecule has 0 saturated carbocycles. The number of nitrogens with two attached hydrogens (primary N) is 1. The van der Waals surface area contributed by atoms with Crippen molar-refractivity contribution in [3.8, 4) is 11.3 Å². The van der Waals surface area contributed by atoms with E-state index in [2.05, 4.69) is 37.7 Å². The van der Waals surface area contributed by atoms with Gasteiger partial charge in [0.15, 0.2) is 5.65 Å². The molecule has 0 radical (unpaired) electrons. The highest BCUT2D eigenvalue weighted by molar-refractivity contribution is 5.89. The second kappa shape index (κ2) is 9.67. The lowest BCUT2D eigenvalue weighted by atomic mass is 10.1. The molecule has 0 atom stereocenters. The van der Waals surface area contributed by atoms with Gasteiger partial charge < -0.3 is 11.1 Å². The van der Waals surface area contributed by atoms with Crippen LogP contribution in [0.25, 0.3) is 22.4 Å². The molecule has 0 bridgehead atoms. The van der Waals surface area contributed by atoms with Crippen molar-refractivity contribution in [3.63, 3.8) is 0 Å². The number of unbranched alkanes of at least 4 members (excludes halogenated alkanes) is 1. The largest absolute Gasteiger partial charge is 0.398 e. The summed E-state index contributed by atoms with van der Waals surface area (Å²) in [6.07, 6.45) is 4.59. The number of carbonyl (C=O) groups is 1. The minimum absolute atomic E-state index is 0.289. The van der Waals surface area contributed by atoms with E-state index in [-0.39, 0.29) is 6.03 Å². The number of fused-ring (bicyclic) bond motifs is 1. The van der Waals surface area contributed by atoms with E-state index in [4.69, 9.17) is 5.73 Å². The number of para-hydroxylation sites is 1. The predicted molar refractivity (Wildman–Crippen MR) is 124 cm³/mol. The molecule has 31 heavy (non-hydrogen) atoms. The number of rotatable bonds is 7. The predicted octanol–water partition coefficient (Wildman–Crippen LogP) is 4.42. The number of carbonyl (C=O) groups excluding carboxylic acids is 1. The van der Waals surface area contributed by atoms with Gasteiger partial charge in [0.05, 0.1) is 11.9 Å². The number of anilines is 2. The molecule has 4 rings (SSSR count). The first kappa shape index (κ1) is 20.3. The van der Waals surface area contributed by atoms with Crippen LogP contribution in [0.4, 0.5) is 16.3 Å². The number of amides is 2. The van der Waals surface area contributed by atoms with Gasteiger partial charge in [-0.25, -0.2) is 14.8 Å². The van der Waals surface area contributed by atoms with Crippen LogP contribution in [0.15, 0.2) is 72.9 Å². The Kier molecular flexibility index (Phi) is 6.32. The van der Waals surface area contributed by atoms with E-state index in [1.165, 1.54) is 5.56 Å². The van der Waals surface area contributed by atoms with Crippen molar-refractivity contribution in [3.05, 3.63) is 78.5 Å². The summed E-state index contributed by atoms with van der Waals surface area (Å²) in [6.45, 7) is 0.601. The molecule has 0 aliphatic heterocycles. The molecule has 156 valence electrons. The Morgan fingerprint density at radius 2 is 1.71 bits per heavy atom. The van der Waals surface area contributed by atoms with Crippen LogP contribution in [0.1, 0.15) is 18.4 Å². The van der Waals surface area contributed by atoms with Crippen LogP contribution in [-0.4, -0.2) is 27.5 Å². The van der Waals surface area contributed by atoms with Crippen LogP contribution in [0.3, 0.4) is 0 Å². The van der Waals surface area contributed by atoms with Crippen LogP contribution in [-0.2, 0) is 6.42 Å². The van der Waals surface area contributed by atoms with Crippen LogP contribution >= 0.6 is 0 Å². The fourth-order valence-electron chi connectivity index (χ4n) is 3.29. The third-order valence-corrected chi connectivity index (χ3v) is 4.91. The Morgan fingerprint density at radius 3 is 2.55 bits per heavy atom. The summed E-state index contributed by atoms with van der Waals surface area (Å²) in [7, 11) is 0. The molecule has 4 aromatic rings. The van der Waals surface area contributed by atoms with Crippen LogP contribution in [0.5, 0.6) is 0 Å². The minimum Gasteiger partial charge on any atom is -0.398 e. The number of nitrogens with zero attached hydrogens (tertiary/aromatic N) is 3. The molecule has 0 unspecified atom stereocenters. The van der Waals surface area contributed by atoms with Crippen LogP contribution in [0, 0.1) is 0 Å². The Labute approximate surface area is 180 Å².